The molecule has 0 N–H and O–H groups in total. The van der Waals surface area contributed by atoms with Gasteiger partial charge in [0, 0.05) is 43.7 Å². The Balaban J connectivity index is 1.40. The van der Waals surface area contributed by atoms with E-state index in [-0.39, 0.29) is 5.41 Å². The van der Waals surface area contributed by atoms with Crippen LogP contribution in [-0.2, 0) is 5.41 Å². The first-order chi connectivity index (χ1) is 22.1. The summed E-state index contributed by atoms with van der Waals surface area (Å²) in [6.45, 7) is 4.61. The number of para-hydroxylation sites is 1. The zero-order chi connectivity index (χ0) is 29.9. The third-order valence-corrected chi connectivity index (χ3v) is 9.78. The molecule has 0 atom stereocenters. The lowest BCUT2D eigenvalue weighted by Crippen LogP contribution is -2.14. The van der Waals surface area contributed by atoms with Crippen LogP contribution in [0.5, 0.6) is 0 Å². The van der Waals surface area contributed by atoms with Crippen LogP contribution in [0.15, 0.2) is 132 Å². The minimum absolute atomic E-state index is 0.186. The summed E-state index contributed by atoms with van der Waals surface area (Å²) in [5, 5.41) is 6.87. The Hall–Kier alpha value is -5.74. The summed E-state index contributed by atoms with van der Waals surface area (Å²) in [6, 6.07) is 44.9. The van der Waals surface area contributed by atoms with Gasteiger partial charge < -0.3 is 4.42 Å². The van der Waals surface area contributed by atoms with Crippen molar-refractivity contribution in [3.05, 3.63) is 139 Å². The summed E-state index contributed by atoms with van der Waals surface area (Å²) in [6.07, 6.45) is 0. The standard InChI is InChI=1S/C41H27N3O/c1-41(2)31-18-10-8-16-27(31)38-35(41)30-22-21-29-34-26-15-7-6-12-24(26)20-23-33(34)44(37(29)39(30)45-38)40-42-32-19-11-9-17-28(32)36(43-40)25-13-4-3-5-14-25/h3-23H,1-2H3. The molecule has 212 valence electrons. The fourth-order valence-electron chi connectivity index (χ4n) is 7.78. The third kappa shape index (κ3) is 3.21. The SMILES string of the molecule is CC1(C)c2ccccc2-c2oc3c(ccc4c5c6ccccc6ccc5n(-c5nc(-c6ccccc6)c6ccccc6n5)c43)c21. The van der Waals surface area contributed by atoms with Crippen molar-refractivity contribution >= 4 is 54.5 Å². The Labute approximate surface area is 259 Å². The molecule has 4 heteroatoms. The van der Waals surface area contributed by atoms with E-state index >= 15 is 0 Å². The van der Waals surface area contributed by atoms with Gasteiger partial charge in [-0.25, -0.2) is 9.97 Å². The zero-order valence-corrected chi connectivity index (χ0v) is 24.9. The first kappa shape index (κ1) is 24.7. The van der Waals surface area contributed by atoms with Crippen LogP contribution in [0.1, 0.15) is 25.0 Å². The van der Waals surface area contributed by atoms with Gasteiger partial charge >= 0.3 is 0 Å². The van der Waals surface area contributed by atoms with E-state index in [1.807, 2.05) is 12.1 Å². The second-order valence-corrected chi connectivity index (χ2v) is 12.6. The predicted molar refractivity (Wildman–Crippen MR) is 184 cm³/mol. The molecule has 45 heavy (non-hydrogen) atoms. The molecule has 0 spiro atoms. The highest BCUT2D eigenvalue weighted by Gasteiger charge is 2.40. The van der Waals surface area contributed by atoms with Crippen LogP contribution < -0.4 is 0 Å². The van der Waals surface area contributed by atoms with E-state index in [1.54, 1.807) is 0 Å². The van der Waals surface area contributed by atoms with E-state index in [0.717, 1.165) is 55.3 Å². The summed E-state index contributed by atoms with van der Waals surface area (Å²) in [5.74, 6) is 1.59. The molecule has 10 rings (SSSR count). The van der Waals surface area contributed by atoms with Crippen LogP contribution in [0, 0.1) is 0 Å². The van der Waals surface area contributed by atoms with Gasteiger partial charge in [-0.1, -0.05) is 129 Å². The molecule has 6 aromatic carbocycles. The first-order valence-electron chi connectivity index (χ1n) is 15.4. The Morgan fingerprint density at radius 2 is 1.36 bits per heavy atom. The molecular formula is C41H27N3O. The second-order valence-electron chi connectivity index (χ2n) is 12.6. The maximum Gasteiger partial charge on any atom is 0.235 e. The van der Waals surface area contributed by atoms with Crippen LogP contribution in [0.3, 0.4) is 0 Å². The van der Waals surface area contributed by atoms with Gasteiger partial charge in [-0.3, -0.25) is 4.57 Å². The number of hydrogen-bond acceptors (Lipinski definition) is 3. The average Bonchev–Trinajstić information content (AvgIpc) is 3.71. The van der Waals surface area contributed by atoms with Gasteiger partial charge in [0.25, 0.3) is 0 Å². The molecule has 0 radical (unpaired) electrons. The van der Waals surface area contributed by atoms with Crippen LogP contribution in [-0.4, -0.2) is 14.5 Å². The van der Waals surface area contributed by atoms with Crippen LogP contribution in [0.2, 0.25) is 0 Å². The average molecular weight is 578 g/mol. The molecular weight excluding hydrogens is 550 g/mol. The summed E-state index contributed by atoms with van der Waals surface area (Å²) in [5.41, 5.74) is 9.33. The highest BCUT2D eigenvalue weighted by atomic mass is 16.3. The quantitative estimate of drug-likeness (QED) is 0.205. The van der Waals surface area contributed by atoms with Crippen molar-refractivity contribution in [2.24, 2.45) is 0 Å². The van der Waals surface area contributed by atoms with Crippen molar-refractivity contribution in [1.82, 2.24) is 14.5 Å². The van der Waals surface area contributed by atoms with Gasteiger partial charge in [0.05, 0.1) is 16.7 Å². The van der Waals surface area contributed by atoms with E-state index in [1.165, 1.54) is 32.8 Å². The normalized spacial score (nSPS) is 13.7. The lowest BCUT2D eigenvalue weighted by atomic mass is 9.81. The molecule has 1 aliphatic rings. The lowest BCUT2D eigenvalue weighted by molar-refractivity contribution is 0.620. The second kappa shape index (κ2) is 8.67. The lowest BCUT2D eigenvalue weighted by Gasteiger charge is -2.20. The number of fused-ring (bicyclic) bond motifs is 12. The maximum atomic E-state index is 7.02. The Kier molecular flexibility index (Phi) is 4.76. The van der Waals surface area contributed by atoms with Crippen molar-refractivity contribution in [3.8, 4) is 28.5 Å². The van der Waals surface area contributed by atoms with E-state index in [9.17, 15) is 0 Å². The highest BCUT2D eigenvalue weighted by molar-refractivity contribution is 6.25. The van der Waals surface area contributed by atoms with E-state index < -0.39 is 0 Å². The molecule has 9 aromatic rings. The summed E-state index contributed by atoms with van der Waals surface area (Å²) in [7, 11) is 0. The molecule has 4 nitrogen and oxygen atoms in total. The van der Waals surface area contributed by atoms with Gasteiger partial charge in [-0.15, -0.1) is 0 Å². The molecule has 0 saturated heterocycles. The van der Waals surface area contributed by atoms with Gasteiger partial charge in [-0.05, 0) is 28.5 Å². The Morgan fingerprint density at radius 3 is 2.24 bits per heavy atom. The van der Waals surface area contributed by atoms with Gasteiger partial charge in [-0.2, -0.15) is 0 Å². The summed E-state index contributed by atoms with van der Waals surface area (Å²) < 4.78 is 9.25. The van der Waals surface area contributed by atoms with Crippen molar-refractivity contribution in [2.75, 3.05) is 0 Å². The minimum atomic E-state index is -0.186. The van der Waals surface area contributed by atoms with Crippen molar-refractivity contribution in [3.63, 3.8) is 0 Å². The van der Waals surface area contributed by atoms with Crippen molar-refractivity contribution in [1.29, 1.82) is 0 Å². The fraction of sp³-hybridized carbons (Fsp3) is 0.0732. The number of benzene rings is 6. The highest BCUT2D eigenvalue weighted by Crippen LogP contribution is 2.54. The molecule has 0 bridgehead atoms. The third-order valence-electron chi connectivity index (χ3n) is 9.78. The largest absolute Gasteiger partial charge is 0.453 e. The van der Waals surface area contributed by atoms with E-state index in [0.29, 0.717) is 5.95 Å². The van der Waals surface area contributed by atoms with Gasteiger partial charge in [0.1, 0.15) is 11.3 Å². The van der Waals surface area contributed by atoms with E-state index in [2.05, 4.69) is 134 Å². The van der Waals surface area contributed by atoms with Crippen LogP contribution in [0.25, 0.3) is 83.0 Å². The van der Waals surface area contributed by atoms with Gasteiger partial charge in [0.2, 0.25) is 5.95 Å². The molecule has 0 unspecified atom stereocenters. The molecule has 0 fully saturated rings. The minimum Gasteiger partial charge on any atom is -0.453 e. The topological polar surface area (TPSA) is 43.9 Å². The zero-order valence-electron chi connectivity index (χ0n) is 24.9. The molecule has 3 heterocycles. The first-order valence-corrected chi connectivity index (χ1v) is 15.4. The van der Waals surface area contributed by atoms with Gasteiger partial charge in [0.15, 0.2) is 5.58 Å². The maximum absolute atomic E-state index is 7.02. The molecule has 0 aliphatic heterocycles. The number of aromatic nitrogens is 3. The summed E-state index contributed by atoms with van der Waals surface area (Å²) >= 11 is 0. The fourth-order valence-corrected chi connectivity index (χ4v) is 7.78. The monoisotopic (exact) mass is 577 g/mol. The predicted octanol–water partition coefficient (Wildman–Crippen LogP) is 10.6. The molecule has 1 aliphatic carbocycles. The molecule has 0 saturated carbocycles. The molecule has 3 aromatic heterocycles. The van der Waals surface area contributed by atoms with Crippen LogP contribution in [0.4, 0.5) is 0 Å². The van der Waals surface area contributed by atoms with Crippen molar-refractivity contribution in [2.45, 2.75) is 19.3 Å². The number of hydrogen-bond donors (Lipinski definition) is 0. The Morgan fingerprint density at radius 1 is 0.622 bits per heavy atom. The van der Waals surface area contributed by atoms with Crippen LogP contribution >= 0.6 is 0 Å². The summed E-state index contributed by atoms with van der Waals surface area (Å²) in [4.78, 5) is 10.6. The Bertz CT molecular complexity index is 2680. The van der Waals surface area contributed by atoms with E-state index in [4.69, 9.17) is 14.4 Å². The molecule has 0 amide bonds. The smallest absolute Gasteiger partial charge is 0.235 e. The number of furan rings is 1. The number of nitrogens with zero attached hydrogens (tertiary/aromatic N) is 3. The van der Waals surface area contributed by atoms with Crippen molar-refractivity contribution < 1.29 is 4.42 Å². The number of rotatable bonds is 2.